The summed E-state index contributed by atoms with van der Waals surface area (Å²) in [6, 6.07) is 9.21. The lowest BCUT2D eigenvalue weighted by atomic mass is 9.92. The van der Waals surface area contributed by atoms with E-state index < -0.39 is 66.7 Å². The summed E-state index contributed by atoms with van der Waals surface area (Å²) < 4.78 is 34.0. The van der Waals surface area contributed by atoms with E-state index in [2.05, 4.69) is 16.9 Å². The van der Waals surface area contributed by atoms with E-state index in [1.807, 2.05) is 18.0 Å². The van der Waals surface area contributed by atoms with Gasteiger partial charge in [-0.25, -0.2) is 24.4 Å². The van der Waals surface area contributed by atoms with Gasteiger partial charge in [0.1, 0.15) is 30.9 Å². The fourth-order valence-corrected chi connectivity index (χ4v) is 7.28. The molecule has 2 fully saturated rings. The molecule has 1 aromatic carbocycles. The number of amides is 3. The van der Waals surface area contributed by atoms with E-state index in [1.165, 1.54) is 39.9 Å². The number of anilines is 1. The van der Waals surface area contributed by atoms with Gasteiger partial charge in [0.2, 0.25) is 18.3 Å². The number of piperidine rings is 1. The smallest absolute Gasteiger partial charge is 0.409 e. The van der Waals surface area contributed by atoms with Crippen molar-refractivity contribution in [2.75, 3.05) is 52.2 Å². The van der Waals surface area contributed by atoms with Crippen molar-refractivity contribution in [2.45, 2.75) is 83.9 Å². The van der Waals surface area contributed by atoms with Gasteiger partial charge in [0, 0.05) is 74.3 Å². The number of carbonyl (C=O) groups excluding carboxylic acids is 6. The van der Waals surface area contributed by atoms with Crippen LogP contribution in [0.5, 0.6) is 5.75 Å². The maximum Gasteiger partial charge on any atom is 0.409 e. The lowest BCUT2D eigenvalue weighted by molar-refractivity contribution is -0.281. The van der Waals surface area contributed by atoms with Gasteiger partial charge in [-0.15, -0.1) is 0 Å². The number of rotatable bonds is 14. The Bertz CT molecular complexity index is 2230. The van der Waals surface area contributed by atoms with Crippen LogP contribution in [0.15, 0.2) is 42.9 Å². The number of nitriles is 1. The number of esters is 3. The molecule has 0 saturated carbocycles. The monoisotopic (exact) mass is 878 g/mol. The van der Waals surface area contributed by atoms with Crippen LogP contribution in [0, 0.1) is 17.2 Å². The fraction of sp³-hybridized carbons (Fsp3) is 0.512. The Morgan fingerprint density at radius 2 is 1.52 bits per heavy atom. The van der Waals surface area contributed by atoms with Crippen molar-refractivity contribution >= 4 is 58.8 Å². The van der Waals surface area contributed by atoms with Crippen LogP contribution in [0.4, 0.5) is 15.4 Å². The summed E-state index contributed by atoms with van der Waals surface area (Å²) in [7, 11) is 4.99. The molecule has 1 N–H and O–H groups in total. The van der Waals surface area contributed by atoms with Crippen LogP contribution in [-0.4, -0.2) is 160 Å². The van der Waals surface area contributed by atoms with Gasteiger partial charge in [-0.3, -0.25) is 23.7 Å². The van der Waals surface area contributed by atoms with E-state index in [9.17, 15) is 38.7 Å². The largest absolute Gasteiger partial charge is 0.479 e. The molecule has 22 heteroatoms. The highest BCUT2D eigenvalue weighted by atomic mass is 16.7. The van der Waals surface area contributed by atoms with Gasteiger partial charge in [0.25, 0.3) is 0 Å². The minimum atomic E-state index is -1.87. The Morgan fingerprint density at radius 1 is 0.889 bits per heavy atom. The second kappa shape index (κ2) is 20.7. The molecule has 5 rings (SSSR count). The zero-order chi connectivity index (χ0) is 46.1. The molecule has 0 spiro atoms. The molecule has 22 nitrogen and oxygen atoms in total. The van der Waals surface area contributed by atoms with Crippen molar-refractivity contribution in [3.8, 4) is 11.8 Å². The fourth-order valence-electron chi connectivity index (χ4n) is 7.28. The molecular formula is C41H50N8O14. The number of nitrogens with zero attached hydrogens (tertiary/aromatic N) is 8. The van der Waals surface area contributed by atoms with Crippen molar-refractivity contribution in [1.29, 1.82) is 5.26 Å². The van der Waals surface area contributed by atoms with E-state index in [4.69, 9.17) is 33.7 Å². The predicted molar refractivity (Wildman–Crippen MR) is 217 cm³/mol. The number of likely N-dealkylation sites (N-methyl/N-ethyl adjacent to an activating group) is 3. The maximum absolute atomic E-state index is 13.6. The number of carboxylic acid groups (broad SMARTS) is 1. The standard InChI is InChI=1S/C41H50N8O14/c1-23-13-16-48(31(53)12-15-42)20-30(23)47(7)36-29-14-17-49(37(29)44-22-43-36)40(56)45(5)18-19-46(6)41(57)58-21-27-8-10-28(11-9-27)62-39-35(61-26(4)52)33(60-25(3)51)32(59-24(2)50)34(63-39)38(54)55/h8-11,14,17,22-23,30,32-35,39H,12-13,16,18-21H2,1-7H3,(H,54,55)/t23-,30+,32+,33+,34+,35-,39-/m1/s1. The highest BCUT2D eigenvalue weighted by Crippen LogP contribution is 2.32. The number of fused-ring (bicyclic) bond motifs is 1. The molecular weight excluding hydrogens is 828 g/mol. The molecule has 0 aliphatic carbocycles. The number of aromatic nitrogens is 3. The molecule has 0 unspecified atom stereocenters. The second-order valence-corrected chi connectivity index (χ2v) is 15.2. The quantitative estimate of drug-likeness (QED) is 0.180. The van der Waals surface area contributed by atoms with Crippen LogP contribution in [0.2, 0.25) is 0 Å². The predicted octanol–water partition coefficient (Wildman–Crippen LogP) is 2.17. The zero-order valence-corrected chi connectivity index (χ0v) is 35.9. The van der Waals surface area contributed by atoms with Gasteiger partial charge in [-0.05, 0) is 36.1 Å². The number of ether oxygens (including phenoxy) is 6. The van der Waals surface area contributed by atoms with E-state index in [0.29, 0.717) is 35.5 Å². The molecule has 0 bridgehead atoms. The molecule has 63 heavy (non-hydrogen) atoms. The van der Waals surface area contributed by atoms with E-state index in [-0.39, 0.29) is 49.7 Å². The van der Waals surface area contributed by atoms with Crippen LogP contribution in [0.1, 0.15) is 46.1 Å². The zero-order valence-electron chi connectivity index (χ0n) is 35.9. The number of hydrogen-bond donors (Lipinski definition) is 1. The minimum absolute atomic E-state index is 0.0838. The Labute approximate surface area is 362 Å². The van der Waals surface area contributed by atoms with Gasteiger partial charge >= 0.3 is 36.0 Å². The SMILES string of the molecule is CC(=O)O[C@@H]1[C@@H](OC(C)=O)[C@H](Oc2ccc(COC(=O)N(C)CCN(C)C(=O)n3ccc4c(N(C)[C@H]5CN(C(=O)CC#N)CC[C@H]5C)ncnc43)cc2)O[C@H](C(=O)O)[C@H]1OC(C)=O. The van der Waals surface area contributed by atoms with Crippen LogP contribution < -0.4 is 9.64 Å². The lowest BCUT2D eigenvalue weighted by Gasteiger charge is -2.42. The molecule has 3 aromatic rings. The van der Waals surface area contributed by atoms with Crippen molar-refractivity contribution in [3.63, 3.8) is 0 Å². The van der Waals surface area contributed by atoms with E-state index in [1.54, 1.807) is 36.3 Å². The first kappa shape index (κ1) is 47.0. The average Bonchev–Trinajstić information content (AvgIpc) is 3.68. The van der Waals surface area contributed by atoms with Gasteiger partial charge < -0.3 is 53.1 Å². The van der Waals surface area contributed by atoms with Crippen LogP contribution in [0.25, 0.3) is 11.0 Å². The van der Waals surface area contributed by atoms with E-state index >= 15 is 0 Å². The Hall–Kier alpha value is -7.02. The molecule has 4 heterocycles. The van der Waals surface area contributed by atoms with Crippen LogP contribution >= 0.6 is 0 Å². The number of aliphatic carboxylic acids is 1. The molecule has 0 radical (unpaired) electrons. The molecule has 2 aliphatic heterocycles. The first-order valence-corrected chi connectivity index (χ1v) is 19.9. The van der Waals surface area contributed by atoms with Gasteiger partial charge in [0.05, 0.1) is 17.5 Å². The van der Waals surface area contributed by atoms with Crippen molar-refractivity contribution in [3.05, 3.63) is 48.4 Å². The number of carbonyl (C=O) groups is 7. The highest BCUT2D eigenvalue weighted by Gasteiger charge is 2.55. The van der Waals surface area contributed by atoms with Crippen LogP contribution in [-0.2, 0) is 54.3 Å². The number of likely N-dealkylation sites (tertiary alicyclic amines) is 1. The average molecular weight is 879 g/mol. The molecule has 2 aromatic heterocycles. The molecule has 3 amide bonds. The Balaban J connectivity index is 1.16. The Kier molecular flexibility index (Phi) is 15.5. The molecule has 338 valence electrons. The summed E-state index contributed by atoms with van der Waals surface area (Å²) in [5.41, 5.74) is 0.913. The lowest BCUT2D eigenvalue weighted by Crippen LogP contribution is -2.64. The van der Waals surface area contributed by atoms with E-state index in [0.717, 1.165) is 27.2 Å². The summed E-state index contributed by atoms with van der Waals surface area (Å²) in [5, 5.41) is 19.5. The normalized spacial score (nSPS) is 21.9. The van der Waals surface area contributed by atoms with Gasteiger partial charge in [0.15, 0.2) is 24.0 Å². The Morgan fingerprint density at radius 3 is 2.16 bits per heavy atom. The summed E-state index contributed by atoms with van der Waals surface area (Å²) in [5.74, 6) is -3.48. The van der Waals surface area contributed by atoms with Crippen molar-refractivity contribution in [2.24, 2.45) is 5.92 Å². The topological polar surface area (TPSA) is 263 Å². The first-order chi connectivity index (χ1) is 29.9. The third kappa shape index (κ3) is 11.5. The number of benzene rings is 1. The number of carboxylic acids is 1. The first-order valence-electron chi connectivity index (χ1n) is 19.9. The molecule has 2 saturated heterocycles. The summed E-state index contributed by atoms with van der Waals surface area (Å²) in [6.45, 7) is 6.33. The van der Waals surface area contributed by atoms with Gasteiger partial charge in [-0.2, -0.15) is 5.26 Å². The highest BCUT2D eigenvalue weighted by molar-refractivity contribution is 5.95. The third-order valence-corrected chi connectivity index (χ3v) is 10.6. The third-order valence-electron chi connectivity index (χ3n) is 10.6. The summed E-state index contributed by atoms with van der Waals surface area (Å²) >= 11 is 0. The van der Waals surface area contributed by atoms with Crippen LogP contribution in [0.3, 0.4) is 0 Å². The van der Waals surface area contributed by atoms with Crippen molar-refractivity contribution in [1.82, 2.24) is 29.2 Å². The minimum Gasteiger partial charge on any atom is -0.479 e. The van der Waals surface area contributed by atoms with Gasteiger partial charge in [-0.1, -0.05) is 19.1 Å². The summed E-state index contributed by atoms with van der Waals surface area (Å²) in [6.07, 6.45) is -5.44. The molecule has 7 atom stereocenters. The second-order valence-electron chi connectivity index (χ2n) is 15.2. The summed E-state index contributed by atoms with van der Waals surface area (Å²) in [4.78, 5) is 102. The van der Waals surface area contributed by atoms with Crippen molar-refractivity contribution < 1.29 is 67.1 Å². The molecule has 2 aliphatic rings. The maximum atomic E-state index is 13.6. The number of hydrogen-bond acceptors (Lipinski definition) is 17.